The monoisotopic (exact) mass is 553 g/mol. The first kappa shape index (κ1) is 30.4. The lowest BCUT2D eigenvalue weighted by atomic mass is 10.1. The van der Waals surface area contributed by atoms with Crippen LogP contribution in [0.4, 0.5) is 11.4 Å². The van der Waals surface area contributed by atoms with Gasteiger partial charge in [0.05, 0.1) is 35.1 Å². The topological polar surface area (TPSA) is 89.4 Å². The van der Waals surface area contributed by atoms with Gasteiger partial charge in [-0.15, -0.1) is 0 Å². The summed E-state index contributed by atoms with van der Waals surface area (Å²) in [6, 6.07) is 11.7. The van der Waals surface area contributed by atoms with Crippen LogP contribution >= 0.6 is 12.2 Å². The second-order valence-electron chi connectivity index (χ2n) is 10.5. The third-order valence-corrected chi connectivity index (χ3v) is 6.73. The summed E-state index contributed by atoms with van der Waals surface area (Å²) in [7, 11) is 3.09. The van der Waals surface area contributed by atoms with Crippen LogP contribution in [0, 0.1) is 11.8 Å². The molecule has 3 rings (SSSR count). The molecule has 212 valence electrons. The second kappa shape index (κ2) is 14.8. The number of para-hydroxylation sites is 1. The van der Waals surface area contributed by atoms with Crippen LogP contribution in [0.15, 0.2) is 36.4 Å². The van der Waals surface area contributed by atoms with E-state index in [9.17, 15) is 4.79 Å². The summed E-state index contributed by atoms with van der Waals surface area (Å²) >= 11 is 5.60. The van der Waals surface area contributed by atoms with Gasteiger partial charge in [0.25, 0.3) is 0 Å². The fourth-order valence-corrected chi connectivity index (χ4v) is 4.51. The van der Waals surface area contributed by atoms with Crippen molar-refractivity contribution in [1.82, 2.24) is 14.9 Å². The van der Waals surface area contributed by atoms with Crippen molar-refractivity contribution in [3.05, 3.63) is 42.0 Å². The number of ether oxygens (including phenoxy) is 2. The zero-order valence-electron chi connectivity index (χ0n) is 24.1. The lowest BCUT2D eigenvalue weighted by Gasteiger charge is -2.20. The van der Waals surface area contributed by atoms with Crippen molar-refractivity contribution in [3.8, 4) is 11.4 Å². The number of hydrogen-bond donors (Lipinski definition) is 3. The Morgan fingerprint density at radius 2 is 1.82 bits per heavy atom. The summed E-state index contributed by atoms with van der Waals surface area (Å²) in [6.07, 6.45) is 2.89. The molecule has 2 aromatic carbocycles. The Balaban J connectivity index is 2.08. The van der Waals surface area contributed by atoms with E-state index in [4.69, 9.17) is 26.7 Å². The number of aryl methyl sites for hydroxylation is 1. The average Bonchev–Trinajstić information content (AvgIpc) is 3.27. The molecule has 0 radical (unpaired) electrons. The Kier molecular flexibility index (Phi) is 11.6. The van der Waals surface area contributed by atoms with Crippen molar-refractivity contribution in [2.45, 2.75) is 53.5 Å². The Bertz CT molecular complexity index is 1250. The highest BCUT2D eigenvalue weighted by Gasteiger charge is 2.20. The Morgan fingerprint density at radius 3 is 2.51 bits per heavy atom. The number of thiocarbonyl (C=S) groups is 1. The number of carbonyl (C=O) groups excluding carboxylic acids is 1. The number of rotatable bonds is 14. The molecule has 9 heteroatoms. The van der Waals surface area contributed by atoms with E-state index < -0.39 is 0 Å². The molecule has 0 bridgehead atoms. The number of fused-ring (bicyclic) bond motifs is 1. The molecular formula is C30H43N5O3S. The third-order valence-electron chi connectivity index (χ3n) is 6.49. The van der Waals surface area contributed by atoms with Crippen LogP contribution in [0.1, 0.15) is 57.3 Å². The summed E-state index contributed by atoms with van der Waals surface area (Å²) < 4.78 is 12.3. The molecule has 1 aromatic heterocycles. The number of methoxy groups -OCH3 is 2. The van der Waals surface area contributed by atoms with E-state index in [1.54, 1.807) is 13.2 Å². The molecular weight excluding hydrogens is 510 g/mol. The quantitative estimate of drug-likeness (QED) is 0.121. The minimum absolute atomic E-state index is 0.371. The molecule has 0 spiro atoms. The molecule has 3 aromatic rings. The van der Waals surface area contributed by atoms with Gasteiger partial charge in [-0.3, -0.25) is 0 Å². The first-order valence-electron chi connectivity index (χ1n) is 13.7. The number of benzene rings is 2. The number of aromatic nitrogens is 2. The van der Waals surface area contributed by atoms with Gasteiger partial charge in [0.1, 0.15) is 5.82 Å². The predicted molar refractivity (Wildman–Crippen MR) is 165 cm³/mol. The molecule has 8 nitrogen and oxygen atoms in total. The Hall–Kier alpha value is -3.17. The summed E-state index contributed by atoms with van der Waals surface area (Å²) in [5.74, 6) is 1.58. The van der Waals surface area contributed by atoms with E-state index in [0.29, 0.717) is 29.1 Å². The zero-order chi connectivity index (χ0) is 28.4. The van der Waals surface area contributed by atoms with Gasteiger partial charge < -0.3 is 30.0 Å². The molecule has 0 saturated heterocycles. The van der Waals surface area contributed by atoms with Crippen LogP contribution in [0.25, 0.3) is 22.4 Å². The van der Waals surface area contributed by atoms with Gasteiger partial charge in [-0.1, -0.05) is 33.8 Å². The number of carbonyl (C=O) groups is 1. The first-order chi connectivity index (χ1) is 18.7. The number of hydrogen-bond acceptors (Lipinski definition) is 6. The largest absolute Gasteiger partial charge is 0.465 e. The number of imidazole rings is 1. The number of nitrogens with one attached hydrogen (secondary N) is 3. The van der Waals surface area contributed by atoms with Crippen LogP contribution < -0.4 is 16.0 Å². The lowest BCUT2D eigenvalue weighted by Crippen LogP contribution is -2.30. The number of esters is 1. The summed E-state index contributed by atoms with van der Waals surface area (Å²) in [5.41, 5.74) is 5.05. The maximum atomic E-state index is 12.2. The Morgan fingerprint density at radius 1 is 1.05 bits per heavy atom. The van der Waals surface area contributed by atoms with Crippen LogP contribution in [0.3, 0.4) is 0 Å². The maximum absolute atomic E-state index is 12.2. The first-order valence-corrected chi connectivity index (χ1v) is 14.2. The normalized spacial score (nSPS) is 11.3. The molecule has 0 aliphatic carbocycles. The van der Waals surface area contributed by atoms with Gasteiger partial charge in [-0.2, -0.15) is 0 Å². The highest BCUT2D eigenvalue weighted by Crippen LogP contribution is 2.36. The van der Waals surface area contributed by atoms with E-state index in [0.717, 1.165) is 72.7 Å². The maximum Gasteiger partial charge on any atom is 0.337 e. The van der Waals surface area contributed by atoms with Crippen LogP contribution in [0.5, 0.6) is 0 Å². The van der Waals surface area contributed by atoms with E-state index in [1.165, 1.54) is 7.11 Å². The van der Waals surface area contributed by atoms with E-state index in [2.05, 4.69) is 54.3 Å². The van der Waals surface area contributed by atoms with Crippen molar-refractivity contribution < 1.29 is 14.3 Å². The molecule has 0 amide bonds. The summed E-state index contributed by atoms with van der Waals surface area (Å²) in [6.45, 7) is 11.9. The minimum Gasteiger partial charge on any atom is -0.465 e. The van der Waals surface area contributed by atoms with Gasteiger partial charge in [-0.25, -0.2) is 9.78 Å². The predicted octanol–water partition coefficient (Wildman–Crippen LogP) is 6.32. The van der Waals surface area contributed by atoms with Crippen molar-refractivity contribution in [1.29, 1.82) is 0 Å². The highest BCUT2D eigenvalue weighted by atomic mass is 32.1. The molecule has 0 fully saturated rings. The standard InChI is InChI=1S/C30H43N5O3S/c1-20(2)13-16-31-27-23(9-7-10-24(27)34-30(39)32-15-8-18-37-5)28-33-25-19-22(29(36)38-6)11-12-26(25)35(28)17-14-21(3)4/h7,9-12,19-21,31H,8,13-18H2,1-6H3,(H2,32,34,39). The summed E-state index contributed by atoms with van der Waals surface area (Å²) in [4.78, 5) is 17.3. The van der Waals surface area contributed by atoms with E-state index in [1.807, 2.05) is 24.3 Å². The molecule has 39 heavy (non-hydrogen) atoms. The van der Waals surface area contributed by atoms with E-state index in [-0.39, 0.29) is 5.97 Å². The van der Waals surface area contributed by atoms with Crippen LogP contribution in [-0.2, 0) is 16.0 Å². The SMILES string of the molecule is COCCCNC(=S)Nc1cccc(-c2nc3cc(C(=O)OC)ccc3n2CCC(C)C)c1NCCC(C)C. The molecule has 1 heterocycles. The number of anilines is 2. The molecule has 3 N–H and O–H groups in total. The lowest BCUT2D eigenvalue weighted by molar-refractivity contribution is 0.0601. The van der Waals surface area contributed by atoms with Gasteiger partial charge in [0, 0.05) is 38.9 Å². The van der Waals surface area contributed by atoms with Gasteiger partial charge in [0.2, 0.25) is 0 Å². The fourth-order valence-electron chi connectivity index (χ4n) is 4.30. The molecule has 0 saturated carbocycles. The third kappa shape index (κ3) is 8.41. The molecule has 0 aliphatic heterocycles. The fraction of sp³-hybridized carbons (Fsp3) is 0.500. The zero-order valence-corrected chi connectivity index (χ0v) is 24.9. The smallest absolute Gasteiger partial charge is 0.337 e. The molecule has 0 atom stereocenters. The summed E-state index contributed by atoms with van der Waals surface area (Å²) in [5, 5.41) is 10.9. The average molecular weight is 554 g/mol. The van der Waals surface area contributed by atoms with Crippen molar-refractivity contribution in [2.75, 3.05) is 44.5 Å². The van der Waals surface area contributed by atoms with Crippen molar-refractivity contribution in [3.63, 3.8) is 0 Å². The molecule has 0 unspecified atom stereocenters. The van der Waals surface area contributed by atoms with Crippen molar-refractivity contribution >= 4 is 45.7 Å². The van der Waals surface area contributed by atoms with Crippen molar-refractivity contribution in [2.24, 2.45) is 11.8 Å². The number of nitrogens with zero attached hydrogens (tertiary/aromatic N) is 2. The van der Waals surface area contributed by atoms with Crippen LogP contribution in [0.2, 0.25) is 0 Å². The van der Waals surface area contributed by atoms with E-state index >= 15 is 0 Å². The van der Waals surface area contributed by atoms with Gasteiger partial charge >= 0.3 is 5.97 Å². The van der Waals surface area contributed by atoms with Gasteiger partial charge in [-0.05, 0) is 73.6 Å². The van der Waals surface area contributed by atoms with Gasteiger partial charge in [0.15, 0.2) is 5.11 Å². The highest BCUT2D eigenvalue weighted by molar-refractivity contribution is 7.80. The second-order valence-corrected chi connectivity index (χ2v) is 10.9. The minimum atomic E-state index is -0.371. The Labute approximate surface area is 237 Å². The molecule has 0 aliphatic rings. The van der Waals surface area contributed by atoms with Crippen LogP contribution in [-0.4, -0.2) is 54.5 Å².